The minimum absolute atomic E-state index is 0.0327. The molecule has 0 unspecified atom stereocenters. The quantitative estimate of drug-likeness (QED) is 0.520. The number of hydrogen-bond donors (Lipinski definition) is 1. The van der Waals surface area contributed by atoms with E-state index in [1.54, 1.807) is 17.0 Å². The van der Waals surface area contributed by atoms with Crippen LogP contribution in [-0.2, 0) is 11.0 Å². The van der Waals surface area contributed by atoms with Gasteiger partial charge in [0.1, 0.15) is 5.37 Å². The fraction of sp³-hybridized carbons (Fsp3) is 0.167. The van der Waals surface area contributed by atoms with Gasteiger partial charge in [0.05, 0.1) is 11.3 Å². The molecule has 1 saturated heterocycles. The predicted octanol–water partition coefficient (Wildman–Crippen LogP) is 6.04. The molecule has 4 rings (SSSR count). The maximum Gasteiger partial charge on any atom is 0.416 e. The lowest BCUT2D eigenvalue weighted by molar-refractivity contribution is -0.137. The van der Waals surface area contributed by atoms with Gasteiger partial charge < -0.3 is 5.32 Å². The minimum atomic E-state index is -4.45. The van der Waals surface area contributed by atoms with Crippen LogP contribution in [0.15, 0.2) is 72.8 Å². The number of anilines is 2. The summed E-state index contributed by atoms with van der Waals surface area (Å²) in [4.78, 5) is 26.7. The Bertz CT molecular complexity index is 1150. The normalized spacial score (nSPS) is 16.3. The van der Waals surface area contributed by atoms with E-state index in [1.807, 2.05) is 43.3 Å². The molecule has 164 valence electrons. The SMILES string of the molecule is Cc1cccc(N2C(=O)CS[C@@H]2c2ccc(NC(=O)c3ccc(C(F)(F)F)cc3)cc2)c1. The highest BCUT2D eigenvalue weighted by Gasteiger charge is 2.34. The summed E-state index contributed by atoms with van der Waals surface area (Å²) in [6.45, 7) is 1.97. The molecule has 1 aliphatic rings. The van der Waals surface area contributed by atoms with E-state index >= 15 is 0 Å². The summed E-state index contributed by atoms with van der Waals surface area (Å²) in [6, 6.07) is 18.9. The van der Waals surface area contributed by atoms with Gasteiger partial charge in [-0.15, -0.1) is 11.8 Å². The highest BCUT2D eigenvalue weighted by Crippen LogP contribution is 2.42. The molecule has 32 heavy (non-hydrogen) atoms. The van der Waals surface area contributed by atoms with Crippen LogP contribution in [0.2, 0.25) is 0 Å². The second-order valence-corrected chi connectivity index (χ2v) is 8.49. The Labute approximate surface area is 187 Å². The van der Waals surface area contributed by atoms with Gasteiger partial charge in [0, 0.05) is 16.9 Å². The summed E-state index contributed by atoms with van der Waals surface area (Å²) in [6.07, 6.45) is -4.45. The fourth-order valence-electron chi connectivity index (χ4n) is 3.47. The average molecular weight is 456 g/mol. The topological polar surface area (TPSA) is 49.4 Å². The third-order valence-electron chi connectivity index (χ3n) is 5.08. The Morgan fingerprint density at radius 3 is 2.34 bits per heavy atom. The number of alkyl halides is 3. The second kappa shape index (κ2) is 8.70. The van der Waals surface area contributed by atoms with E-state index < -0.39 is 17.6 Å². The van der Waals surface area contributed by atoms with Crippen molar-refractivity contribution in [2.75, 3.05) is 16.0 Å². The number of carbonyl (C=O) groups is 2. The van der Waals surface area contributed by atoms with Crippen molar-refractivity contribution in [1.29, 1.82) is 0 Å². The maximum atomic E-state index is 12.7. The van der Waals surface area contributed by atoms with Crippen LogP contribution in [-0.4, -0.2) is 17.6 Å². The van der Waals surface area contributed by atoms with Crippen molar-refractivity contribution in [3.63, 3.8) is 0 Å². The van der Waals surface area contributed by atoms with E-state index in [-0.39, 0.29) is 16.8 Å². The van der Waals surface area contributed by atoms with Gasteiger partial charge in [0.15, 0.2) is 0 Å². The first-order valence-electron chi connectivity index (χ1n) is 9.81. The third-order valence-corrected chi connectivity index (χ3v) is 6.29. The van der Waals surface area contributed by atoms with Crippen LogP contribution in [0.1, 0.15) is 32.4 Å². The van der Waals surface area contributed by atoms with Gasteiger partial charge in [-0.05, 0) is 66.6 Å². The monoisotopic (exact) mass is 456 g/mol. The predicted molar refractivity (Wildman–Crippen MR) is 120 cm³/mol. The summed E-state index contributed by atoms with van der Waals surface area (Å²) in [7, 11) is 0. The van der Waals surface area contributed by atoms with Gasteiger partial charge in [0.25, 0.3) is 5.91 Å². The molecule has 0 radical (unpaired) electrons. The van der Waals surface area contributed by atoms with E-state index in [2.05, 4.69) is 5.32 Å². The zero-order valence-electron chi connectivity index (χ0n) is 17.0. The number of carbonyl (C=O) groups excluding carboxylic acids is 2. The zero-order chi connectivity index (χ0) is 22.9. The first-order chi connectivity index (χ1) is 15.2. The summed E-state index contributed by atoms with van der Waals surface area (Å²) < 4.78 is 38.1. The van der Waals surface area contributed by atoms with E-state index in [0.29, 0.717) is 11.4 Å². The molecule has 1 N–H and O–H groups in total. The van der Waals surface area contributed by atoms with Gasteiger partial charge in [0.2, 0.25) is 5.91 Å². The Morgan fingerprint density at radius 2 is 1.72 bits per heavy atom. The Balaban J connectivity index is 1.48. The lowest BCUT2D eigenvalue weighted by Crippen LogP contribution is -2.27. The second-order valence-electron chi connectivity index (χ2n) is 7.42. The standard InChI is InChI=1S/C24H19F3N2O2S/c1-15-3-2-4-20(13-15)29-21(30)14-32-23(29)17-7-11-19(12-8-17)28-22(31)16-5-9-18(10-6-16)24(25,26)27/h2-13,23H,14H2,1H3,(H,28,31)/t23-/m1/s1. The molecular formula is C24H19F3N2O2S. The Morgan fingerprint density at radius 1 is 1.03 bits per heavy atom. The summed E-state index contributed by atoms with van der Waals surface area (Å²) in [5.41, 5.74) is 2.65. The van der Waals surface area contributed by atoms with E-state index in [1.165, 1.54) is 11.8 Å². The summed E-state index contributed by atoms with van der Waals surface area (Å²) in [5, 5.41) is 2.51. The molecule has 3 aromatic carbocycles. The molecule has 0 aliphatic carbocycles. The van der Waals surface area contributed by atoms with Crippen molar-refractivity contribution in [2.45, 2.75) is 18.5 Å². The Hall–Kier alpha value is -3.26. The zero-order valence-corrected chi connectivity index (χ0v) is 17.8. The molecule has 4 nitrogen and oxygen atoms in total. The van der Waals surface area contributed by atoms with Crippen molar-refractivity contribution in [2.24, 2.45) is 0 Å². The first-order valence-corrected chi connectivity index (χ1v) is 10.9. The van der Waals surface area contributed by atoms with Crippen LogP contribution < -0.4 is 10.2 Å². The lowest BCUT2D eigenvalue weighted by atomic mass is 10.1. The number of nitrogens with zero attached hydrogens (tertiary/aromatic N) is 1. The average Bonchev–Trinajstić information content (AvgIpc) is 3.15. The van der Waals surface area contributed by atoms with E-state index in [4.69, 9.17) is 0 Å². The number of rotatable bonds is 4. The van der Waals surface area contributed by atoms with Crippen LogP contribution in [0.4, 0.5) is 24.5 Å². The number of thioether (sulfide) groups is 1. The van der Waals surface area contributed by atoms with E-state index in [0.717, 1.165) is 41.1 Å². The van der Waals surface area contributed by atoms with Crippen molar-refractivity contribution in [1.82, 2.24) is 0 Å². The number of halogens is 3. The van der Waals surface area contributed by atoms with Crippen LogP contribution in [0.5, 0.6) is 0 Å². The number of hydrogen-bond acceptors (Lipinski definition) is 3. The molecule has 0 bridgehead atoms. The molecule has 1 atom stereocenters. The maximum absolute atomic E-state index is 12.7. The summed E-state index contributed by atoms with van der Waals surface area (Å²) in [5.74, 6) is -0.0889. The molecule has 1 heterocycles. The number of benzene rings is 3. The van der Waals surface area contributed by atoms with E-state index in [9.17, 15) is 22.8 Å². The molecular weight excluding hydrogens is 437 g/mol. The third kappa shape index (κ3) is 4.65. The van der Waals surface area contributed by atoms with Gasteiger partial charge in [-0.1, -0.05) is 24.3 Å². The summed E-state index contributed by atoms with van der Waals surface area (Å²) >= 11 is 1.53. The highest BCUT2D eigenvalue weighted by atomic mass is 32.2. The van der Waals surface area contributed by atoms with Crippen molar-refractivity contribution in [3.8, 4) is 0 Å². The van der Waals surface area contributed by atoms with Crippen LogP contribution in [0.25, 0.3) is 0 Å². The Kier molecular flexibility index (Phi) is 5.97. The number of amides is 2. The molecule has 8 heteroatoms. The lowest BCUT2D eigenvalue weighted by Gasteiger charge is -2.25. The van der Waals surface area contributed by atoms with Crippen molar-refractivity contribution >= 4 is 35.0 Å². The van der Waals surface area contributed by atoms with Crippen LogP contribution in [0.3, 0.4) is 0 Å². The largest absolute Gasteiger partial charge is 0.416 e. The molecule has 3 aromatic rings. The number of aryl methyl sites for hydroxylation is 1. The van der Waals surface area contributed by atoms with Gasteiger partial charge in [-0.3, -0.25) is 14.5 Å². The molecule has 1 fully saturated rings. The molecule has 0 spiro atoms. The first kappa shape index (κ1) is 22.0. The molecule has 0 saturated carbocycles. The molecule has 0 aromatic heterocycles. The van der Waals surface area contributed by atoms with Crippen LogP contribution in [0, 0.1) is 6.92 Å². The minimum Gasteiger partial charge on any atom is -0.322 e. The molecule has 1 aliphatic heterocycles. The molecule has 2 amide bonds. The van der Waals surface area contributed by atoms with Crippen molar-refractivity contribution < 1.29 is 22.8 Å². The highest BCUT2D eigenvalue weighted by molar-refractivity contribution is 8.00. The van der Waals surface area contributed by atoms with Gasteiger partial charge >= 0.3 is 6.18 Å². The fourth-order valence-corrected chi connectivity index (χ4v) is 4.65. The number of nitrogens with one attached hydrogen (secondary N) is 1. The van der Waals surface area contributed by atoms with Gasteiger partial charge in [-0.25, -0.2) is 0 Å². The van der Waals surface area contributed by atoms with Crippen molar-refractivity contribution in [3.05, 3.63) is 95.1 Å². The van der Waals surface area contributed by atoms with Gasteiger partial charge in [-0.2, -0.15) is 13.2 Å². The smallest absolute Gasteiger partial charge is 0.322 e. The van der Waals surface area contributed by atoms with Crippen LogP contribution >= 0.6 is 11.8 Å².